The Morgan fingerprint density at radius 2 is 1.96 bits per heavy atom. The first-order chi connectivity index (χ1) is 12.1. The molecule has 0 spiro atoms. The number of hydrogen-bond donors (Lipinski definition) is 1. The average molecular weight is 335 g/mol. The summed E-state index contributed by atoms with van der Waals surface area (Å²) in [6, 6.07) is 10.2. The van der Waals surface area contributed by atoms with E-state index in [9.17, 15) is 4.79 Å². The molecule has 0 saturated heterocycles. The molecule has 0 aliphatic rings. The number of imidazole rings is 1. The van der Waals surface area contributed by atoms with Crippen LogP contribution in [0.15, 0.2) is 67.8 Å². The van der Waals surface area contributed by atoms with E-state index in [0.29, 0.717) is 25.1 Å². The van der Waals surface area contributed by atoms with Gasteiger partial charge in [0.2, 0.25) is 5.91 Å². The van der Waals surface area contributed by atoms with Gasteiger partial charge in [-0.1, -0.05) is 49.1 Å². The number of nitrogens with zero attached hydrogens (tertiary/aromatic N) is 2. The molecule has 0 bridgehead atoms. The first-order valence-electron chi connectivity index (χ1n) is 8.33. The van der Waals surface area contributed by atoms with Crippen molar-refractivity contribution in [2.45, 2.75) is 32.9 Å². The highest BCUT2D eigenvalue weighted by Gasteiger charge is 2.16. The van der Waals surface area contributed by atoms with Crippen molar-refractivity contribution in [3.63, 3.8) is 0 Å². The summed E-state index contributed by atoms with van der Waals surface area (Å²) >= 11 is 0. The minimum absolute atomic E-state index is 0.152. The van der Waals surface area contributed by atoms with Crippen molar-refractivity contribution in [2.75, 3.05) is 0 Å². The van der Waals surface area contributed by atoms with Gasteiger partial charge in [-0.3, -0.25) is 4.79 Å². The molecule has 1 aromatic heterocycles. The van der Waals surface area contributed by atoms with Crippen LogP contribution in [0.25, 0.3) is 0 Å². The normalized spacial score (nSPS) is 10.3. The smallest absolute Gasteiger partial charge is 0.246 e. The third-order valence-electron chi connectivity index (χ3n) is 3.89. The molecule has 2 rings (SSSR count). The number of aromatic nitrogens is 2. The number of carbonyl (C=O) groups is 1. The molecular formula is C21H25N3O. The molecule has 1 amide bonds. The quantitative estimate of drug-likeness (QED) is 0.562. The third-order valence-corrected chi connectivity index (χ3v) is 3.89. The zero-order valence-corrected chi connectivity index (χ0v) is 14.8. The second kappa shape index (κ2) is 8.83. The van der Waals surface area contributed by atoms with Crippen molar-refractivity contribution in [2.24, 2.45) is 0 Å². The van der Waals surface area contributed by atoms with Gasteiger partial charge in [-0.25, -0.2) is 4.98 Å². The molecule has 0 saturated carbocycles. The van der Waals surface area contributed by atoms with Crippen LogP contribution in [0.5, 0.6) is 0 Å². The summed E-state index contributed by atoms with van der Waals surface area (Å²) in [4.78, 5) is 16.7. The lowest BCUT2D eigenvalue weighted by Crippen LogP contribution is -2.25. The summed E-state index contributed by atoms with van der Waals surface area (Å²) in [6.45, 7) is 14.1. The summed E-state index contributed by atoms with van der Waals surface area (Å²) in [5.41, 5.74) is 3.61. The summed E-state index contributed by atoms with van der Waals surface area (Å²) in [7, 11) is 0. The molecule has 4 nitrogen and oxygen atoms in total. The molecule has 25 heavy (non-hydrogen) atoms. The van der Waals surface area contributed by atoms with Gasteiger partial charge in [0.1, 0.15) is 5.82 Å². The average Bonchev–Trinajstić information content (AvgIpc) is 2.91. The van der Waals surface area contributed by atoms with Gasteiger partial charge < -0.3 is 9.88 Å². The molecular weight excluding hydrogens is 310 g/mol. The zero-order valence-electron chi connectivity index (χ0n) is 14.8. The first-order valence-corrected chi connectivity index (χ1v) is 8.33. The maximum Gasteiger partial charge on any atom is 0.246 e. The van der Waals surface area contributed by atoms with E-state index in [2.05, 4.69) is 41.8 Å². The third kappa shape index (κ3) is 4.80. The van der Waals surface area contributed by atoms with Crippen LogP contribution in [0.1, 0.15) is 29.7 Å². The maximum absolute atomic E-state index is 11.9. The van der Waals surface area contributed by atoms with Crippen LogP contribution in [0.2, 0.25) is 0 Å². The van der Waals surface area contributed by atoms with Crippen LogP contribution in [0.4, 0.5) is 0 Å². The summed E-state index contributed by atoms with van der Waals surface area (Å²) in [5.74, 6) is 0.808. The number of benzene rings is 1. The van der Waals surface area contributed by atoms with E-state index in [1.807, 2.05) is 30.4 Å². The Balaban J connectivity index is 2.36. The summed E-state index contributed by atoms with van der Waals surface area (Å²) < 4.78 is 2.12. The van der Waals surface area contributed by atoms with Gasteiger partial charge in [0.05, 0.1) is 17.9 Å². The van der Waals surface area contributed by atoms with Gasteiger partial charge in [0.25, 0.3) is 0 Å². The molecule has 2 aromatic rings. The highest BCUT2D eigenvalue weighted by molar-refractivity contribution is 5.91. The SMILES string of the molecule is C=CCc1nc(Cc2ccccc2)n(CC=C)c1CNC(=O)C(=C)C. The van der Waals surface area contributed by atoms with E-state index in [1.165, 1.54) is 5.56 Å². The second-order valence-electron chi connectivity index (χ2n) is 5.94. The fourth-order valence-electron chi connectivity index (χ4n) is 2.66. The lowest BCUT2D eigenvalue weighted by Gasteiger charge is -2.12. The van der Waals surface area contributed by atoms with E-state index >= 15 is 0 Å². The van der Waals surface area contributed by atoms with Crippen molar-refractivity contribution in [3.8, 4) is 0 Å². The Bertz CT molecular complexity index is 772. The topological polar surface area (TPSA) is 46.9 Å². The van der Waals surface area contributed by atoms with E-state index in [4.69, 9.17) is 4.98 Å². The molecule has 0 fully saturated rings. The van der Waals surface area contributed by atoms with Gasteiger partial charge in [-0.05, 0) is 12.5 Å². The fraction of sp³-hybridized carbons (Fsp3) is 0.238. The predicted molar refractivity (Wildman–Crippen MR) is 102 cm³/mol. The number of allylic oxidation sites excluding steroid dienone is 2. The van der Waals surface area contributed by atoms with E-state index in [0.717, 1.165) is 23.6 Å². The van der Waals surface area contributed by atoms with Crippen molar-refractivity contribution < 1.29 is 4.79 Å². The van der Waals surface area contributed by atoms with Crippen LogP contribution in [0.3, 0.4) is 0 Å². The molecule has 0 atom stereocenters. The van der Waals surface area contributed by atoms with Crippen LogP contribution >= 0.6 is 0 Å². The number of rotatable bonds is 9. The van der Waals surface area contributed by atoms with Crippen molar-refractivity contribution >= 4 is 5.91 Å². The molecule has 0 unspecified atom stereocenters. The van der Waals surface area contributed by atoms with Gasteiger partial charge in [0, 0.05) is 25.0 Å². The Morgan fingerprint density at radius 1 is 1.24 bits per heavy atom. The van der Waals surface area contributed by atoms with Crippen LogP contribution < -0.4 is 5.32 Å². The van der Waals surface area contributed by atoms with Gasteiger partial charge >= 0.3 is 0 Å². The highest BCUT2D eigenvalue weighted by Crippen LogP contribution is 2.17. The van der Waals surface area contributed by atoms with Crippen molar-refractivity contribution in [3.05, 3.63) is 90.6 Å². The van der Waals surface area contributed by atoms with Crippen LogP contribution in [-0.2, 0) is 30.7 Å². The van der Waals surface area contributed by atoms with Crippen LogP contribution in [-0.4, -0.2) is 15.5 Å². The summed E-state index contributed by atoms with van der Waals surface area (Å²) in [6.07, 6.45) is 5.06. The highest BCUT2D eigenvalue weighted by atomic mass is 16.1. The van der Waals surface area contributed by atoms with Gasteiger partial charge in [-0.15, -0.1) is 13.2 Å². The predicted octanol–water partition coefficient (Wildman–Crippen LogP) is 3.58. The van der Waals surface area contributed by atoms with E-state index < -0.39 is 0 Å². The Labute approximate surface area is 149 Å². The molecule has 130 valence electrons. The number of amides is 1. The number of hydrogen-bond acceptors (Lipinski definition) is 2. The lowest BCUT2D eigenvalue weighted by molar-refractivity contribution is -0.117. The number of nitrogens with one attached hydrogen (secondary N) is 1. The largest absolute Gasteiger partial charge is 0.347 e. The molecule has 1 aromatic carbocycles. The van der Waals surface area contributed by atoms with Gasteiger partial charge in [-0.2, -0.15) is 0 Å². The van der Waals surface area contributed by atoms with Gasteiger partial charge in [0.15, 0.2) is 0 Å². The number of carbonyl (C=O) groups excluding carboxylic acids is 1. The fourth-order valence-corrected chi connectivity index (χ4v) is 2.66. The molecule has 0 aliphatic heterocycles. The molecule has 4 heteroatoms. The Morgan fingerprint density at radius 3 is 2.56 bits per heavy atom. The maximum atomic E-state index is 11.9. The molecule has 0 radical (unpaired) electrons. The Kier molecular flexibility index (Phi) is 6.52. The Hall–Kier alpha value is -2.88. The minimum atomic E-state index is -0.152. The van der Waals surface area contributed by atoms with E-state index in [-0.39, 0.29) is 5.91 Å². The molecule has 0 aliphatic carbocycles. The first kappa shape index (κ1) is 18.5. The minimum Gasteiger partial charge on any atom is -0.347 e. The second-order valence-corrected chi connectivity index (χ2v) is 5.94. The lowest BCUT2D eigenvalue weighted by atomic mass is 10.1. The molecule has 1 heterocycles. The zero-order chi connectivity index (χ0) is 18.2. The van der Waals surface area contributed by atoms with Crippen molar-refractivity contribution in [1.29, 1.82) is 0 Å². The monoisotopic (exact) mass is 335 g/mol. The molecule has 1 N–H and O–H groups in total. The van der Waals surface area contributed by atoms with Crippen LogP contribution in [0, 0.1) is 0 Å². The summed E-state index contributed by atoms with van der Waals surface area (Å²) in [5, 5.41) is 2.91. The van der Waals surface area contributed by atoms with Crippen molar-refractivity contribution in [1.82, 2.24) is 14.9 Å². The van der Waals surface area contributed by atoms with E-state index in [1.54, 1.807) is 6.92 Å². The standard InChI is InChI=1S/C21H25N3O/c1-5-10-18-19(15-22-21(25)16(3)4)24(13-6-2)20(23-18)14-17-11-8-7-9-12-17/h5-9,11-12H,1-3,10,13-15H2,4H3,(H,22,25).